The number of benzene rings is 1. The topological polar surface area (TPSA) is 134 Å². The van der Waals surface area contributed by atoms with Crippen LogP contribution in [0.3, 0.4) is 0 Å². The largest absolute Gasteiger partial charge is 0.507 e. The Balaban J connectivity index is 1.29. The number of anilines is 4. The van der Waals surface area contributed by atoms with Gasteiger partial charge in [-0.05, 0) is 43.5 Å². The summed E-state index contributed by atoms with van der Waals surface area (Å²) in [5, 5.41) is 26.1. The predicted octanol–water partition coefficient (Wildman–Crippen LogP) is 2.52. The van der Waals surface area contributed by atoms with Gasteiger partial charge in [-0.15, -0.1) is 10.2 Å². The normalized spacial score (nSPS) is 15.5. The lowest BCUT2D eigenvalue weighted by atomic mass is 10.1. The number of nitrogen functional groups attached to an aromatic ring is 1. The predicted molar refractivity (Wildman–Crippen MR) is 148 cm³/mol. The minimum Gasteiger partial charge on any atom is -0.507 e. The Morgan fingerprint density at radius 3 is 2.82 bits per heavy atom. The minimum absolute atomic E-state index is 0.156. The van der Waals surface area contributed by atoms with E-state index in [1.807, 2.05) is 43.6 Å². The molecule has 1 aromatic carbocycles. The van der Waals surface area contributed by atoms with Crippen molar-refractivity contribution in [2.24, 2.45) is 7.05 Å². The summed E-state index contributed by atoms with van der Waals surface area (Å²) in [6.45, 7) is 4.89. The fourth-order valence-corrected chi connectivity index (χ4v) is 4.44. The molecule has 0 radical (unpaired) electrons. The Labute approximate surface area is 221 Å². The number of hydrogen-bond acceptors (Lipinski definition) is 10. The summed E-state index contributed by atoms with van der Waals surface area (Å²) in [5.41, 5.74) is 8.26. The van der Waals surface area contributed by atoms with Crippen LogP contribution in [0.4, 0.5) is 23.1 Å². The van der Waals surface area contributed by atoms with Crippen molar-refractivity contribution in [3.63, 3.8) is 0 Å². The van der Waals surface area contributed by atoms with Gasteiger partial charge in [0.05, 0.1) is 17.9 Å². The van der Waals surface area contributed by atoms with Crippen LogP contribution in [0.25, 0.3) is 11.3 Å². The summed E-state index contributed by atoms with van der Waals surface area (Å²) in [4.78, 5) is 13.5. The highest BCUT2D eigenvalue weighted by Crippen LogP contribution is 2.32. The van der Waals surface area contributed by atoms with Gasteiger partial charge in [0.1, 0.15) is 17.4 Å². The summed E-state index contributed by atoms with van der Waals surface area (Å²) < 4.78 is 1.73. The SMILES string of the molecule is C[C@@H]1CCN(c2cc(-c3ccccc3O)nnc2N)CCN1c1ccnc(C#CCNc2ccn(C)n2)n1. The molecule has 4 heterocycles. The summed E-state index contributed by atoms with van der Waals surface area (Å²) in [6, 6.07) is 13.0. The van der Waals surface area contributed by atoms with E-state index in [1.54, 1.807) is 23.0 Å². The van der Waals surface area contributed by atoms with Crippen molar-refractivity contribution in [3.8, 4) is 28.8 Å². The number of nitrogens with one attached hydrogen (secondary N) is 1. The maximum Gasteiger partial charge on any atom is 0.206 e. The molecule has 4 aromatic rings. The lowest BCUT2D eigenvalue weighted by molar-refractivity contribution is 0.477. The van der Waals surface area contributed by atoms with Crippen molar-refractivity contribution in [1.29, 1.82) is 0 Å². The number of rotatable bonds is 5. The molecule has 1 saturated heterocycles. The number of phenolic OH excluding ortho intramolecular Hbond substituents is 1. The van der Waals surface area contributed by atoms with Gasteiger partial charge in [-0.3, -0.25) is 4.68 Å². The third-order valence-corrected chi connectivity index (χ3v) is 6.49. The molecule has 4 N–H and O–H groups in total. The fraction of sp³-hybridized carbons (Fsp3) is 0.296. The zero-order chi connectivity index (χ0) is 26.5. The number of hydrogen-bond donors (Lipinski definition) is 3. The third-order valence-electron chi connectivity index (χ3n) is 6.49. The van der Waals surface area contributed by atoms with Crippen molar-refractivity contribution < 1.29 is 5.11 Å². The van der Waals surface area contributed by atoms with E-state index in [4.69, 9.17) is 10.7 Å². The second-order valence-corrected chi connectivity index (χ2v) is 9.10. The quantitative estimate of drug-likeness (QED) is 0.344. The first-order valence-electron chi connectivity index (χ1n) is 12.5. The van der Waals surface area contributed by atoms with Gasteiger partial charge in [-0.1, -0.05) is 18.1 Å². The van der Waals surface area contributed by atoms with E-state index in [9.17, 15) is 5.11 Å². The molecule has 194 valence electrons. The van der Waals surface area contributed by atoms with Gasteiger partial charge >= 0.3 is 0 Å². The molecule has 3 aromatic heterocycles. The highest BCUT2D eigenvalue weighted by Gasteiger charge is 2.24. The number of aromatic nitrogens is 6. The Morgan fingerprint density at radius 2 is 2.00 bits per heavy atom. The minimum atomic E-state index is 0.156. The Kier molecular flexibility index (Phi) is 7.21. The molecule has 1 atom stereocenters. The molecule has 38 heavy (non-hydrogen) atoms. The van der Waals surface area contributed by atoms with E-state index in [0.717, 1.165) is 43.4 Å². The molecule has 1 fully saturated rings. The zero-order valence-electron chi connectivity index (χ0n) is 21.4. The molecular formula is C27H30N10O. The number of nitrogens with two attached hydrogens (primary N) is 1. The van der Waals surface area contributed by atoms with Crippen LogP contribution < -0.4 is 20.9 Å². The molecule has 0 amide bonds. The number of aromatic hydroxyl groups is 1. The number of phenols is 1. The lowest BCUT2D eigenvalue weighted by Gasteiger charge is -2.28. The first kappa shape index (κ1) is 24.8. The van der Waals surface area contributed by atoms with E-state index in [2.05, 4.69) is 54.2 Å². The van der Waals surface area contributed by atoms with Gasteiger partial charge in [0.15, 0.2) is 5.82 Å². The molecule has 11 nitrogen and oxygen atoms in total. The van der Waals surface area contributed by atoms with Crippen LogP contribution in [-0.2, 0) is 7.05 Å². The van der Waals surface area contributed by atoms with Gasteiger partial charge in [-0.25, -0.2) is 9.97 Å². The average molecular weight is 511 g/mol. The maximum atomic E-state index is 10.3. The Bertz CT molecular complexity index is 1470. The average Bonchev–Trinajstić information content (AvgIpc) is 3.24. The van der Waals surface area contributed by atoms with Crippen LogP contribution in [0.2, 0.25) is 0 Å². The molecule has 0 unspecified atom stereocenters. The van der Waals surface area contributed by atoms with Gasteiger partial charge in [-0.2, -0.15) is 5.10 Å². The number of nitrogens with zero attached hydrogens (tertiary/aromatic N) is 8. The van der Waals surface area contributed by atoms with Crippen molar-refractivity contribution in [2.75, 3.05) is 47.0 Å². The van der Waals surface area contributed by atoms with E-state index in [-0.39, 0.29) is 11.8 Å². The lowest BCUT2D eigenvalue weighted by Crippen LogP contribution is -2.35. The fourth-order valence-electron chi connectivity index (χ4n) is 4.44. The van der Waals surface area contributed by atoms with Crippen molar-refractivity contribution >= 4 is 23.1 Å². The molecular weight excluding hydrogens is 480 g/mol. The number of para-hydroxylation sites is 1. The second kappa shape index (κ2) is 11.0. The number of aryl methyl sites for hydroxylation is 1. The van der Waals surface area contributed by atoms with Crippen LogP contribution in [0.1, 0.15) is 19.2 Å². The summed E-state index contributed by atoms with van der Waals surface area (Å²) in [7, 11) is 1.87. The Hall–Kier alpha value is -4.85. The smallest absolute Gasteiger partial charge is 0.206 e. The van der Waals surface area contributed by atoms with Crippen LogP contribution >= 0.6 is 0 Å². The first-order chi connectivity index (χ1) is 18.5. The highest BCUT2D eigenvalue weighted by molar-refractivity contribution is 5.74. The van der Waals surface area contributed by atoms with Crippen molar-refractivity contribution in [1.82, 2.24) is 29.9 Å². The molecule has 0 saturated carbocycles. The van der Waals surface area contributed by atoms with Crippen molar-refractivity contribution in [2.45, 2.75) is 19.4 Å². The molecule has 1 aliphatic rings. The molecule has 11 heteroatoms. The summed E-state index contributed by atoms with van der Waals surface area (Å²) >= 11 is 0. The van der Waals surface area contributed by atoms with E-state index < -0.39 is 0 Å². The summed E-state index contributed by atoms with van der Waals surface area (Å²) in [5.74, 6) is 8.72. The van der Waals surface area contributed by atoms with E-state index >= 15 is 0 Å². The van der Waals surface area contributed by atoms with Gasteiger partial charge < -0.3 is 26.0 Å². The molecule has 5 rings (SSSR count). The van der Waals surface area contributed by atoms with E-state index in [0.29, 0.717) is 29.4 Å². The molecule has 0 bridgehead atoms. The van der Waals surface area contributed by atoms with Gasteiger partial charge in [0.25, 0.3) is 0 Å². The Morgan fingerprint density at radius 1 is 1.13 bits per heavy atom. The zero-order valence-corrected chi connectivity index (χ0v) is 21.4. The first-order valence-corrected chi connectivity index (χ1v) is 12.5. The van der Waals surface area contributed by atoms with Crippen LogP contribution in [-0.4, -0.2) is 67.3 Å². The molecule has 1 aliphatic heterocycles. The standard InChI is InChI=1S/C27H30N10O/c1-19-10-15-36(22-18-21(32-33-27(22)28)20-6-3-4-7-23(20)38)16-17-37(19)26-9-13-30-24(31-26)8-5-12-29-25-11-14-35(2)34-25/h3-4,6-7,9,11,13-14,18-19,38H,10,12,15-17H2,1-2H3,(H2,28,33)(H,29,34)/t19-/m1/s1. The van der Waals surface area contributed by atoms with Crippen LogP contribution in [0, 0.1) is 11.8 Å². The van der Waals surface area contributed by atoms with Crippen LogP contribution in [0.5, 0.6) is 5.75 Å². The monoisotopic (exact) mass is 510 g/mol. The highest BCUT2D eigenvalue weighted by atomic mass is 16.3. The summed E-state index contributed by atoms with van der Waals surface area (Å²) in [6.07, 6.45) is 4.52. The maximum absolute atomic E-state index is 10.3. The van der Waals surface area contributed by atoms with Gasteiger partial charge in [0, 0.05) is 56.7 Å². The van der Waals surface area contributed by atoms with Gasteiger partial charge in [0.2, 0.25) is 5.82 Å². The molecule has 0 spiro atoms. The third kappa shape index (κ3) is 5.59. The molecule has 0 aliphatic carbocycles. The second-order valence-electron chi connectivity index (χ2n) is 9.10. The van der Waals surface area contributed by atoms with Crippen LogP contribution in [0.15, 0.2) is 54.9 Å². The van der Waals surface area contributed by atoms with E-state index in [1.165, 1.54) is 0 Å². The van der Waals surface area contributed by atoms with Crippen molar-refractivity contribution in [3.05, 3.63) is 60.7 Å².